The summed E-state index contributed by atoms with van der Waals surface area (Å²) in [5.41, 5.74) is 3.39. The van der Waals surface area contributed by atoms with E-state index in [2.05, 4.69) is 20.6 Å². The number of carbonyl (C=O) groups is 3. The van der Waals surface area contributed by atoms with Gasteiger partial charge in [0.15, 0.2) is 17.1 Å². The highest BCUT2D eigenvalue weighted by Crippen LogP contribution is 2.39. The van der Waals surface area contributed by atoms with Gasteiger partial charge in [-0.1, -0.05) is 43.7 Å². The molecule has 1 atom stereocenters. The number of amides is 3. The number of aromatic nitrogens is 4. The molecule has 1 saturated carbocycles. The van der Waals surface area contributed by atoms with Crippen molar-refractivity contribution >= 4 is 28.9 Å². The maximum atomic E-state index is 13.6. The highest BCUT2D eigenvalue weighted by atomic mass is 16.5. The van der Waals surface area contributed by atoms with E-state index in [4.69, 9.17) is 9.72 Å². The van der Waals surface area contributed by atoms with E-state index < -0.39 is 11.5 Å². The number of unbranched alkanes of at least 4 members (excludes halogenated alkanes) is 1. The third-order valence-electron chi connectivity index (χ3n) is 8.75. The fourth-order valence-electron chi connectivity index (χ4n) is 5.96. The van der Waals surface area contributed by atoms with Gasteiger partial charge in [-0.05, 0) is 38.7 Å². The molecule has 4 heterocycles. The predicted octanol–water partition coefficient (Wildman–Crippen LogP) is 4.22. The number of aromatic amines is 1. The van der Waals surface area contributed by atoms with Gasteiger partial charge in [0.2, 0.25) is 11.3 Å². The summed E-state index contributed by atoms with van der Waals surface area (Å²) in [6, 6.07) is 10.1. The zero-order valence-corrected chi connectivity index (χ0v) is 27.0. The quantitative estimate of drug-likeness (QED) is 0.185. The van der Waals surface area contributed by atoms with E-state index in [1.165, 1.54) is 6.07 Å². The minimum Gasteiger partial charge on any atom is -0.487 e. The third-order valence-corrected chi connectivity index (χ3v) is 8.75. The molecular weight excluding hydrogens is 598 g/mol. The van der Waals surface area contributed by atoms with Gasteiger partial charge >= 0.3 is 0 Å². The smallest absolute Gasteiger partial charge is 0.274 e. The number of H-pyrrole nitrogens is 1. The van der Waals surface area contributed by atoms with E-state index in [0.717, 1.165) is 36.9 Å². The van der Waals surface area contributed by atoms with E-state index in [1.54, 1.807) is 21.9 Å². The molecule has 47 heavy (non-hydrogen) atoms. The highest BCUT2D eigenvalue weighted by molar-refractivity contribution is 6.04. The van der Waals surface area contributed by atoms with Crippen molar-refractivity contribution in [1.82, 2.24) is 35.1 Å². The van der Waals surface area contributed by atoms with Crippen molar-refractivity contribution in [3.8, 4) is 5.75 Å². The van der Waals surface area contributed by atoms with Gasteiger partial charge in [-0.2, -0.15) is 0 Å². The second-order valence-electron chi connectivity index (χ2n) is 12.5. The molecule has 0 unspecified atom stereocenters. The summed E-state index contributed by atoms with van der Waals surface area (Å²) < 4.78 is 7.64. The van der Waals surface area contributed by atoms with Gasteiger partial charge < -0.3 is 29.8 Å². The Labute approximate surface area is 272 Å². The van der Waals surface area contributed by atoms with E-state index in [1.807, 2.05) is 51.1 Å². The van der Waals surface area contributed by atoms with Crippen LogP contribution in [0.4, 0.5) is 0 Å². The lowest BCUT2D eigenvalue weighted by atomic mass is 10.0. The lowest BCUT2D eigenvalue weighted by Gasteiger charge is -2.35. The van der Waals surface area contributed by atoms with E-state index in [0.29, 0.717) is 48.0 Å². The summed E-state index contributed by atoms with van der Waals surface area (Å²) in [6.45, 7) is 7.21. The summed E-state index contributed by atoms with van der Waals surface area (Å²) in [5.74, 6) is -0.516. The summed E-state index contributed by atoms with van der Waals surface area (Å²) in [4.78, 5) is 67.7. The van der Waals surface area contributed by atoms with Gasteiger partial charge in [-0.25, -0.2) is 9.97 Å². The molecule has 12 nitrogen and oxygen atoms in total. The Hall–Kier alpha value is -5.00. The van der Waals surface area contributed by atoms with Crippen molar-refractivity contribution in [1.29, 1.82) is 0 Å². The summed E-state index contributed by atoms with van der Waals surface area (Å²) in [6.07, 6.45) is 7.08. The number of fused-ring (bicyclic) bond motifs is 2. The number of hydrogen-bond donors (Lipinski definition) is 3. The largest absolute Gasteiger partial charge is 0.487 e. The number of rotatable bonds is 13. The SMILES string of the molecule is CCCCOc1c2n(c(CNC(=O)C[C@H](NC(=O)c3c[nH]c4ncc(C5CC5)nc34)c3ccccc3)cc1=O)CCN(C(C)C)C2=O. The fourth-order valence-corrected chi connectivity index (χ4v) is 5.96. The van der Waals surface area contributed by atoms with E-state index in [9.17, 15) is 19.2 Å². The number of hydrogen-bond acceptors (Lipinski definition) is 7. The molecule has 3 aromatic heterocycles. The minimum absolute atomic E-state index is 0.0305. The first-order chi connectivity index (χ1) is 22.7. The first-order valence-corrected chi connectivity index (χ1v) is 16.4. The fraction of sp³-hybridized carbons (Fsp3) is 0.429. The molecule has 0 saturated heterocycles. The molecule has 2 aliphatic rings. The molecule has 0 spiro atoms. The Morgan fingerprint density at radius 2 is 1.91 bits per heavy atom. The van der Waals surface area contributed by atoms with Gasteiger partial charge in [0.25, 0.3) is 11.8 Å². The van der Waals surface area contributed by atoms with E-state index in [-0.39, 0.29) is 48.2 Å². The molecule has 3 amide bonds. The van der Waals surface area contributed by atoms with Crippen LogP contribution in [-0.4, -0.2) is 61.3 Å². The average molecular weight is 640 g/mol. The second kappa shape index (κ2) is 13.8. The number of benzene rings is 1. The Morgan fingerprint density at radius 1 is 1.13 bits per heavy atom. The zero-order chi connectivity index (χ0) is 33.1. The number of carbonyl (C=O) groups excluding carboxylic acids is 3. The molecule has 1 aliphatic heterocycles. The molecule has 1 aromatic carbocycles. The lowest BCUT2D eigenvalue weighted by Crippen LogP contribution is -2.46. The van der Waals surface area contributed by atoms with Crippen LogP contribution in [0.2, 0.25) is 0 Å². The van der Waals surface area contributed by atoms with Gasteiger partial charge in [0.05, 0.1) is 43.1 Å². The third kappa shape index (κ3) is 6.91. The topological polar surface area (TPSA) is 151 Å². The summed E-state index contributed by atoms with van der Waals surface area (Å²) in [7, 11) is 0. The summed E-state index contributed by atoms with van der Waals surface area (Å²) >= 11 is 0. The Morgan fingerprint density at radius 3 is 2.64 bits per heavy atom. The van der Waals surface area contributed by atoms with Crippen LogP contribution in [0.5, 0.6) is 5.75 Å². The molecule has 246 valence electrons. The first kappa shape index (κ1) is 32.0. The van der Waals surface area contributed by atoms with Gasteiger partial charge in [-0.15, -0.1) is 0 Å². The molecule has 0 bridgehead atoms. The standard InChI is InChI=1S/C35H41N7O5/c1-4-5-15-47-32-28(43)16-24(42-14-13-41(21(2)3)35(46)31(32)42)18-36-29(44)17-26(22-9-7-6-8-10-22)40-34(45)25-19-37-33-30(25)39-27(20-38-33)23-11-12-23/h6-10,16,19-21,23,26H,4-5,11-15,17-18H2,1-3H3,(H,36,44)(H,37,38)(H,40,45)/t26-/m0/s1. The van der Waals surface area contributed by atoms with Crippen LogP contribution >= 0.6 is 0 Å². The molecule has 12 heteroatoms. The Bertz CT molecular complexity index is 1840. The molecule has 3 N–H and O–H groups in total. The molecular formula is C35H41N7O5. The van der Waals surface area contributed by atoms with Crippen LogP contribution in [0, 0.1) is 0 Å². The normalized spacial score (nSPS) is 15.1. The van der Waals surface area contributed by atoms with Crippen molar-refractivity contribution in [3.63, 3.8) is 0 Å². The maximum absolute atomic E-state index is 13.6. The van der Waals surface area contributed by atoms with Gasteiger partial charge in [0, 0.05) is 43.0 Å². The van der Waals surface area contributed by atoms with Crippen molar-refractivity contribution in [2.45, 2.75) is 84.0 Å². The van der Waals surface area contributed by atoms with E-state index >= 15 is 0 Å². The predicted molar refractivity (Wildman–Crippen MR) is 176 cm³/mol. The number of nitrogens with zero attached hydrogens (tertiary/aromatic N) is 4. The maximum Gasteiger partial charge on any atom is 0.274 e. The monoisotopic (exact) mass is 639 g/mol. The van der Waals surface area contributed by atoms with Crippen LogP contribution in [0.15, 0.2) is 53.6 Å². The molecule has 1 aliphatic carbocycles. The molecule has 6 rings (SSSR count). The molecule has 0 radical (unpaired) electrons. The van der Waals surface area contributed by atoms with Crippen molar-refractivity contribution in [3.05, 3.63) is 87.2 Å². The Balaban J connectivity index is 1.20. The minimum atomic E-state index is -0.639. The average Bonchev–Trinajstić information content (AvgIpc) is 3.83. The van der Waals surface area contributed by atoms with Crippen molar-refractivity contribution < 1.29 is 19.1 Å². The van der Waals surface area contributed by atoms with Crippen LogP contribution in [0.1, 0.15) is 103 Å². The second-order valence-corrected chi connectivity index (χ2v) is 12.5. The van der Waals surface area contributed by atoms with Crippen LogP contribution in [-0.2, 0) is 17.9 Å². The highest BCUT2D eigenvalue weighted by Gasteiger charge is 2.32. The van der Waals surface area contributed by atoms with Crippen LogP contribution < -0.4 is 20.8 Å². The molecule has 1 fully saturated rings. The number of pyridine rings is 1. The number of nitrogens with one attached hydrogen (secondary N) is 3. The first-order valence-electron chi connectivity index (χ1n) is 16.4. The Kier molecular flexibility index (Phi) is 9.37. The number of ether oxygens (including phenoxy) is 1. The lowest BCUT2D eigenvalue weighted by molar-refractivity contribution is -0.121. The van der Waals surface area contributed by atoms with Crippen LogP contribution in [0.25, 0.3) is 11.2 Å². The van der Waals surface area contributed by atoms with Crippen molar-refractivity contribution in [2.75, 3.05) is 13.2 Å². The van der Waals surface area contributed by atoms with Crippen LogP contribution in [0.3, 0.4) is 0 Å². The van der Waals surface area contributed by atoms with Gasteiger partial charge in [-0.3, -0.25) is 19.2 Å². The van der Waals surface area contributed by atoms with Gasteiger partial charge in [0.1, 0.15) is 5.52 Å². The molecule has 4 aromatic rings. The zero-order valence-electron chi connectivity index (χ0n) is 27.0. The summed E-state index contributed by atoms with van der Waals surface area (Å²) in [5, 5.41) is 5.94. The van der Waals surface area contributed by atoms with Crippen molar-refractivity contribution in [2.24, 2.45) is 0 Å².